The molecule has 0 aliphatic carbocycles. The van der Waals surface area contributed by atoms with Crippen molar-refractivity contribution >= 4 is 5.82 Å². The Morgan fingerprint density at radius 2 is 1.76 bits per heavy atom. The lowest BCUT2D eigenvalue weighted by atomic mass is 10.1. The molecule has 1 aromatic rings. The van der Waals surface area contributed by atoms with Gasteiger partial charge in [0.25, 0.3) is 0 Å². The minimum Gasteiger partial charge on any atom is -0.353 e. The molecule has 0 amide bonds. The topological polar surface area (TPSA) is 44.3 Å². The first-order chi connectivity index (χ1) is 9.86. The van der Waals surface area contributed by atoms with Crippen LogP contribution in [0.1, 0.15) is 40.3 Å². The molecule has 1 aliphatic heterocycles. The lowest BCUT2D eigenvalue weighted by molar-refractivity contribution is 0.128. The molecular weight excluding hydrogens is 262 g/mol. The fourth-order valence-electron chi connectivity index (χ4n) is 2.53. The summed E-state index contributed by atoms with van der Waals surface area (Å²) in [7, 11) is 0. The summed E-state index contributed by atoms with van der Waals surface area (Å²) in [4.78, 5) is 4.85. The van der Waals surface area contributed by atoms with Crippen LogP contribution in [-0.4, -0.2) is 52.9 Å². The van der Waals surface area contributed by atoms with Gasteiger partial charge in [-0.3, -0.25) is 4.90 Å². The Morgan fingerprint density at radius 1 is 1.10 bits per heavy atom. The summed E-state index contributed by atoms with van der Waals surface area (Å²) >= 11 is 0. The van der Waals surface area contributed by atoms with Gasteiger partial charge in [0.1, 0.15) is 0 Å². The van der Waals surface area contributed by atoms with Crippen molar-refractivity contribution in [3.8, 4) is 0 Å². The van der Waals surface area contributed by atoms with Crippen LogP contribution in [0.25, 0.3) is 0 Å². The van der Waals surface area contributed by atoms with Crippen LogP contribution in [0.4, 0.5) is 5.82 Å². The van der Waals surface area contributed by atoms with E-state index >= 15 is 0 Å². The Balaban J connectivity index is 1.89. The van der Waals surface area contributed by atoms with E-state index in [-0.39, 0.29) is 5.54 Å². The maximum Gasteiger partial charge on any atom is 0.151 e. The third-order valence-electron chi connectivity index (χ3n) is 3.95. The van der Waals surface area contributed by atoms with Gasteiger partial charge in [-0.05, 0) is 32.9 Å². The number of nitrogens with zero attached hydrogens (tertiary/aromatic N) is 4. The Bertz CT molecular complexity index is 427. The van der Waals surface area contributed by atoms with Gasteiger partial charge in [-0.1, -0.05) is 13.8 Å². The van der Waals surface area contributed by atoms with E-state index in [1.54, 1.807) is 0 Å². The van der Waals surface area contributed by atoms with Crippen LogP contribution in [-0.2, 0) is 6.54 Å². The Labute approximate surface area is 128 Å². The van der Waals surface area contributed by atoms with Crippen LogP contribution in [0.5, 0.6) is 0 Å². The SMILES string of the molecule is CC(C)NCc1ccc(N2CCN(C(C)(C)C)CC2)nn1. The first-order valence-electron chi connectivity index (χ1n) is 7.92. The van der Waals surface area contributed by atoms with Gasteiger partial charge in [0, 0.05) is 44.3 Å². The zero-order valence-electron chi connectivity index (χ0n) is 14.1. The third-order valence-corrected chi connectivity index (χ3v) is 3.95. The van der Waals surface area contributed by atoms with E-state index in [2.05, 4.69) is 72.1 Å². The number of piperazine rings is 1. The van der Waals surface area contributed by atoms with E-state index in [1.165, 1.54) is 0 Å². The summed E-state index contributed by atoms with van der Waals surface area (Å²) in [5.74, 6) is 0.997. The summed E-state index contributed by atoms with van der Waals surface area (Å²) in [6.45, 7) is 16.1. The highest BCUT2D eigenvalue weighted by atomic mass is 15.3. The molecule has 0 saturated carbocycles. The smallest absolute Gasteiger partial charge is 0.151 e. The number of hydrogen-bond acceptors (Lipinski definition) is 5. The third kappa shape index (κ3) is 4.64. The quantitative estimate of drug-likeness (QED) is 0.918. The monoisotopic (exact) mass is 291 g/mol. The summed E-state index contributed by atoms with van der Waals surface area (Å²) in [6, 6.07) is 4.64. The van der Waals surface area contributed by atoms with Crippen LogP contribution in [0, 0.1) is 0 Å². The first kappa shape index (κ1) is 16.2. The van der Waals surface area contributed by atoms with Crippen LogP contribution in [0.15, 0.2) is 12.1 Å². The van der Waals surface area contributed by atoms with Crippen molar-refractivity contribution in [3.05, 3.63) is 17.8 Å². The average molecular weight is 291 g/mol. The lowest BCUT2D eigenvalue weighted by Crippen LogP contribution is -2.53. The molecular formula is C16H29N5. The Kier molecular flexibility index (Phi) is 5.17. The molecule has 2 heterocycles. The van der Waals surface area contributed by atoms with E-state index in [4.69, 9.17) is 0 Å². The predicted molar refractivity (Wildman–Crippen MR) is 87.5 cm³/mol. The average Bonchev–Trinajstić information content (AvgIpc) is 2.45. The molecule has 1 fully saturated rings. The number of anilines is 1. The molecule has 5 heteroatoms. The van der Waals surface area contributed by atoms with Gasteiger partial charge >= 0.3 is 0 Å². The normalized spacial score (nSPS) is 17.5. The molecule has 1 aliphatic rings. The van der Waals surface area contributed by atoms with Crippen molar-refractivity contribution in [1.82, 2.24) is 20.4 Å². The molecule has 5 nitrogen and oxygen atoms in total. The molecule has 0 atom stereocenters. The van der Waals surface area contributed by atoms with E-state index in [0.717, 1.165) is 44.2 Å². The van der Waals surface area contributed by atoms with E-state index < -0.39 is 0 Å². The highest BCUT2D eigenvalue weighted by Gasteiger charge is 2.26. The van der Waals surface area contributed by atoms with Gasteiger partial charge in [-0.2, -0.15) is 5.10 Å². The highest BCUT2D eigenvalue weighted by molar-refractivity contribution is 5.38. The summed E-state index contributed by atoms with van der Waals surface area (Å²) in [5.41, 5.74) is 1.25. The predicted octanol–water partition coefficient (Wildman–Crippen LogP) is 1.90. The highest BCUT2D eigenvalue weighted by Crippen LogP contribution is 2.18. The molecule has 2 rings (SSSR count). The van der Waals surface area contributed by atoms with Crippen molar-refractivity contribution in [2.45, 2.75) is 52.7 Å². The van der Waals surface area contributed by atoms with Crippen molar-refractivity contribution in [2.75, 3.05) is 31.1 Å². The molecule has 21 heavy (non-hydrogen) atoms. The second-order valence-corrected chi connectivity index (χ2v) is 7.06. The number of rotatable bonds is 4. The van der Waals surface area contributed by atoms with E-state index in [9.17, 15) is 0 Å². The molecule has 0 aromatic carbocycles. The van der Waals surface area contributed by atoms with Gasteiger partial charge in [0.05, 0.1) is 5.69 Å². The molecule has 118 valence electrons. The van der Waals surface area contributed by atoms with E-state index in [0.29, 0.717) is 6.04 Å². The second-order valence-electron chi connectivity index (χ2n) is 7.06. The molecule has 0 radical (unpaired) electrons. The van der Waals surface area contributed by atoms with Crippen molar-refractivity contribution in [3.63, 3.8) is 0 Å². The van der Waals surface area contributed by atoms with Crippen molar-refractivity contribution in [2.24, 2.45) is 0 Å². The van der Waals surface area contributed by atoms with Crippen molar-refractivity contribution in [1.29, 1.82) is 0 Å². The number of hydrogen-bond donors (Lipinski definition) is 1. The minimum absolute atomic E-state index is 0.254. The summed E-state index contributed by atoms with van der Waals surface area (Å²) in [5, 5.41) is 12.1. The summed E-state index contributed by atoms with van der Waals surface area (Å²) in [6.07, 6.45) is 0. The van der Waals surface area contributed by atoms with Crippen LogP contribution in [0.2, 0.25) is 0 Å². The Morgan fingerprint density at radius 3 is 2.24 bits per heavy atom. The molecule has 0 unspecified atom stereocenters. The number of nitrogens with one attached hydrogen (secondary N) is 1. The van der Waals surface area contributed by atoms with Gasteiger partial charge in [-0.25, -0.2) is 0 Å². The van der Waals surface area contributed by atoms with Crippen LogP contribution >= 0.6 is 0 Å². The molecule has 1 aromatic heterocycles. The van der Waals surface area contributed by atoms with Crippen molar-refractivity contribution < 1.29 is 0 Å². The van der Waals surface area contributed by atoms with Crippen LogP contribution in [0.3, 0.4) is 0 Å². The largest absolute Gasteiger partial charge is 0.353 e. The molecule has 1 N–H and O–H groups in total. The minimum atomic E-state index is 0.254. The van der Waals surface area contributed by atoms with Crippen LogP contribution < -0.4 is 10.2 Å². The van der Waals surface area contributed by atoms with Gasteiger partial charge in [0.2, 0.25) is 0 Å². The lowest BCUT2D eigenvalue weighted by Gasteiger charge is -2.42. The fraction of sp³-hybridized carbons (Fsp3) is 0.750. The second kappa shape index (κ2) is 6.71. The standard InChI is InChI=1S/C16H29N5/c1-13(2)17-12-14-6-7-15(19-18-14)20-8-10-21(11-9-20)16(3,4)5/h6-7,13,17H,8-12H2,1-5H3. The Hall–Kier alpha value is -1.20. The maximum atomic E-state index is 4.38. The van der Waals surface area contributed by atoms with E-state index in [1.807, 2.05) is 0 Å². The number of aromatic nitrogens is 2. The summed E-state index contributed by atoms with van der Waals surface area (Å²) < 4.78 is 0. The zero-order valence-corrected chi connectivity index (χ0v) is 14.1. The molecule has 1 saturated heterocycles. The van der Waals surface area contributed by atoms with Gasteiger partial charge in [0.15, 0.2) is 5.82 Å². The molecule has 0 spiro atoms. The zero-order chi connectivity index (χ0) is 15.5. The first-order valence-corrected chi connectivity index (χ1v) is 7.92. The maximum absolute atomic E-state index is 4.38. The van der Waals surface area contributed by atoms with Gasteiger partial charge < -0.3 is 10.2 Å². The fourth-order valence-corrected chi connectivity index (χ4v) is 2.53. The van der Waals surface area contributed by atoms with Gasteiger partial charge in [-0.15, -0.1) is 5.10 Å². The molecule has 0 bridgehead atoms.